The largest absolute Gasteiger partial charge is 0.383 e. The lowest BCUT2D eigenvalue weighted by molar-refractivity contribution is 0.0939. The summed E-state index contributed by atoms with van der Waals surface area (Å²) in [6, 6.07) is 0.175. The Bertz CT molecular complexity index is 373. The third-order valence-electron chi connectivity index (χ3n) is 2.85. The molecule has 0 aliphatic heterocycles. The molecule has 0 aromatic carbocycles. The van der Waals surface area contributed by atoms with E-state index in [1.165, 1.54) is 23.7 Å². The van der Waals surface area contributed by atoms with Crippen LogP contribution < -0.4 is 11.1 Å². The molecule has 1 heterocycles. The number of hydrogen-bond acceptors (Lipinski definition) is 3. The maximum Gasteiger partial charge on any atom is 0.256 e. The van der Waals surface area contributed by atoms with E-state index in [4.69, 9.17) is 5.73 Å². The van der Waals surface area contributed by atoms with Gasteiger partial charge < -0.3 is 11.1 Å². The smallest absolute Gasteiger partial charge is 0.256 e. The van der Waals surface area contributed by atoms with Gasteiger partial charge >= 0.3 is 0 Å². The van der Waals surface area contributed by atoms with Gasteiger partial charge in [0.1, 0.15) is 11.4 Å². The van der Waals surface area contributed by atoms with Crippen molar-refractivity contribution in [2.24, 2.45) is 7.05 Å². The second kappa shape index (κ2) is 6.27. The maximum absolute atomic E-state index is 11.9. The number of aryl methyl sites for hydroxylation is 1. The van der Waals surface area contributed by atoms with E-state index in [9.17, 15) is 4.79 Å². The molecule has 1 atom stereocenters. The summed E-state index contributed by atoms with van der Waals surface area (Å²) in [6.07, 6.45) is 6.04. The Morgan fingerprint density at radius 1 is 1.59 bits per heavy atom. The van der Waals surface area contributed by atoms with Crippen LogP contribution in [0.25, 0.3) is 0 Å². The fourth-order valence-corrected chi connectivity index (χ4v) is 1.70. The summed E-state index contributed by atoms with van der Waals surface area (Å²) in [5.74, 6) is 0.267. The number of nitrogens with one attached hydrogen (secondary N) is 1. The van der Waals surface area contributed by atoms with Crippen LogP contribution in [0.5, 0.6) is 0 Å². The van der Waals surface area contributed by atoms with Gasteiger partial charge in [0.2, 0.25) is 0 Å². The molecule has 0 fully saturated rings. The molecule has 96 valence electrons. The molecule has 1 aromatic heterocycles. The Labute approximate surface area is 102 Å². The summed E-state index contributed by atoms with van der Waals surface area (Å²) in [6.45, 7) is 4.18. The van der Waals surface area contributed by atoms with Gasteiger partial charge in [-0.05, 0) is 13.3 Å². The number of carbonyl (C=O) groups excluding carboxylic acids is 1. The molecule has 0 radical (unpaired) electrons. The second-order valence-corrected chi connectivity index (χ2v) is 4.44. The first kappa shape index (κ1) is 13.5. The van der Waals surface area contributed by atoms with Crippen molar-refractivity contribution < 1.29 is 4.79 Å². The zero-order valence-corrected chi connectivity index (χ0v) is 10.9. The predicted octanol–water partition coefficient (Wildman–Crippen LogP) is 1.70. The van der Waals surface area contributed by atoms with Gasteiger partial charge in [0.05, 0.1) is 6.20 Å². The molecule has 3 N–H and O–H groups in total. The molecule has 1 aromatic rings. The van der Waals surface area contributed by atoms with Crippen molar-refractivity contribution >= 4 is 11.7 Å². The molecule has 0 saturated heterocycles. The van der Waals surface area contributed by atoms with E-state index in [-0.39, 0.29) is 11.9 Å². The predicted molar refractivity (Wildman–Crippen MR) is 68.7 cm³/mol. The Hall–Kier alpha value is -1.52. The molecule has 0 spiro atoms. The third kappa shape index (κ3) is 3.76. The molecule has 0 saturated carbocycles. The molecule has 5 heteroatoms. The highest BCUT2D eigenvalue weighted by Gasteiger charge is 2.15. The van der Waals surface area contributed by atoms with Crippen LogP contribution >= 0.6 is 0 Å². The molecule has 17 heavy (non-hydrogen) atoms. The molecule has 1 unspecified atom stereocenters. The first-order valence-corrected chi connectivity index (χ1v) is 6.14. The lowest BCUT2D eigenvalue weighted by atomic mass is 10.1. The fourth-order valence-electron chi connectivity index (χ4n) is 1.70. The van der Waals surface area contributed by atoms with E-state index in [2.05, 4.69) is 17.3 Å². The Morgan fingerprint density at radius 3 is 2.82 bits per heavy atom. The molecule has 5 nitrogen and oxygen atoms in total. The Morgan fingerprint density at radius 2 is 2.29 bits per heavy atom. The van der Waals surface area contributed by atoms with Gasteiger partial charge in [-0.15, -0.1) is 0 Å². The highest BCUT2D eigenvalue weighted by atomic mass is 16.1. The number of aromatic nitrogens is 2. The molecular formula is C12H22N4O. The monoisotopic (exact) mass is 238 g/mol. The molecule has 0 aliphatic carbocycles. The van der Waals surface area contributed by atoms with Crippen LogP contribution in [0, 0.1) is 0 Å². The van der Waals surface area contributed by atoms with E-state index in [1.807, 2.05) is 6.92 Å². The van der Waals surface area contributed by atoms with Gasteiger partial charge in [-0.1, -0.05) is 26.2 Å². The van der Waals surface area contributed by atoms with Gasteiger partial charge in [-0.3, -0.25) is 9.48 Å². The Balaban J connectivity index is 2.46. The molecule has 1 amide bonds. The van der Waals surface area contributed by atoms with Crippen LogP contribution in [-0.2, 0) is 7.05 Å². The summed E-state index contributed by atoms with van der Waals surface area (Å²) in [5.41, 5.74) is 6.19. The minimum Gasteiger partial charge on any atom is -0.383 e. The van der Waals surface area contributed by atoms with Crippen molar-refractivity contribution in [2.45, 2.75) is 45.6 Å². The summed E-state index contributed by atoms with van der Waals surface area (Å²) < 4.78 is 1.50. The number of amides is 1. The van der Waals surface area contributed by atoms with E-state index in [1.54, 1.807) is 7.05 Å². The van der Waals surface area contributed by atoms with Gasteiger partial charge in [0.15, 0.2) is 0 Å². The fraction of sp³-hybridized carbons (Fsp3) is 0.667. The zero-order chi connectivity index (χ0) is 12.8. The van der Waals surface area contributed by atoms with E-state index in [0.29, 0.717) is 11.4 Å². The highest BCUT2D eigenvalue weighted by molar-refractivity contribution is 5.98. The van der Waals surface area contributed by atoms with Crippen molar-refractivity contribution in [3.05, 3.63) is 11.8 Å². The van der Waals surface area contributed by atoms with Crippen LogP contribution in [-0.4, -0.2) is 21.7 Å². The SMILES string of the molecule is CCCCCC(C)NC(=O)c1cnn(C)c1N. The van der Waals surface area contributed by atoms with Gasteiger partial charge in [0.25, 0.3) is 5.91 Å². The Kier molecular flexibility index (Phi) is 5.00. The number of anilines is 1. The van der Waals surface area contributed by atoms with Gasteiger partial charge in [0, 0.05) is 13.1 Å². The van der Waals surface area contributed by atoms with E-state index in [0.717, 1.165) is 12.8 Å². The van der Waals surface area contributed by atoms with Crippen molar-refractivity contribution in [1.29, 1.82) is 0 Å². The lowest BCUT2D eigenvalue weighted by Crippen LogP contribution is -2.32. The van der Waals surface area contributed by atoms with Crippen LogP contribution in [0.1, 0.15) is 49.9 Å². The standard InChI is InChI=1S/C12H22N4O/c1-4-5-6-7-9(2)15-12(17)10-8-14-16(3)11(10)13/h8-9H,4-7,13H2,1-3H3,(H,15,17). The summed E-state index contributed by atoms with van der Waals surface area (Å²) in [5, 5.41) is 6.89. The number of carbonyl (C=O) groups is 1. The average molecular weight is 238 g/mol. The number of nitrogens with two attached hydrogens (primary N) is 1. The van der Waals surface area contributed by atoms with Crippen molar-refractivity contribution in [1.82, 2.24) is 15.1 Å². The summed E-state index contributed by atoms with van der Waals surface area (Å²) >= 11 is 0. The van der Waals surface area contributed by atoms with Crippen molar-refractivity contribution in [3.8, 4) is 0 Å². The number of nitrogens with zero attached hydrogens (tertiary/aromatic N) is 2. The number of hydrogen-bond donors (Lipinski definition) is 2. The van der Waals surface area contributed by atoms with Crippen molar-refractivity contribution in [3.63, 3.8) is 0 Å². The van der Waals surface area contributed by atoms with Crippen LogP contribution in [0.3, 0.4) is 0 Å². The number of unbranched alkanes of at least 4 members (excludes halogenated alkanes) is 2. The average Bonchev–Trinajstić information content (AvgIpc) is 2.60. The number of rotatable bonds is 6. The second-order valence-electron chi connectivity index (χ2n) is 4.44. The first-order valence-electron chi connectivity index (χ1n) is 6.14. The van der Waals surface area contributed by atoms with E-state index >= 15 is 0 Å². The minimum atomic E-state index is -0.139. The number of nitrogen functional groups attached to an aromatic ring is 1. The third-order valence-corrected chi connectivity index (χ3v) is 2.85. The summed E-state index contributed by atoms with van der Waals surface area (Å²) in [4.78, 5) is 11.9. The molecular weight excluding hydrogens is 216 g/mol. The molecule has 1 rings (SSSR count). The molecule has 0 aliphatic rings. The zero-order valence-electron chi connectivity index (χ0n) is 10.9. The van der Waals surface area contributed by atoms with E-state index < -0.39 is 0 Å². The highest BCUT2D eigenvalue weighted by Crippen LogP contribution is 2.10. The molecule has 0 bridgehead atoms. The van der Waals surface area contributed by atoms with Crippen LogP contribution in [0.4, 0.5) is 5.82 Å². The lowest BCUT2D eigenvalue weighted by Gasteiger charge is -2.13. The van der Waals surface area contributed by atoms with Gasteiger partial charge in [-0.2, -0.15) is 5.10 Å². The summed E-state index contributed by atoms with van der Waals surface area (Å²) in [7, 11) is 1.72. The first-order chi connectivity index (χ1) is 8.06. The topological polar surface area (TPSA) is 72.9 Å². The van der Waals surface area contributed by atoms with Gasteiger partial charge in [-0.25, -0.2) is 0 Å². The van der Waals surface area contributed by atoms with Crippen molar-refractivity contribution in [2.75, 3.05) is 5.73 Å². The maximum atomic E-state index is 11.9. The minimum absolute atomic E-state index is 0.139. The quantitative estimate of drug-likeness (QED) is 0.741. The van der Waals surface area contributed by atoms with Crippen LogP contribution in [0.15, 0.2) is 6.20 Å². The van der Waals surface area contributed by atoms with Crippen LogP contribution in [0.2, 0.25) is 0 Å². The normalized spacial score (nSPS) is 12.4.